The van der Waals surface area contributed by atoms with Gasteiger partial charge in [0.2, 0.25) is 0 Å². The highest BCUT2D eigenvalue weighted by Crippen LogP contribution is 2.06. The van der Waals surface area contributed by atoms with Crippen molar-refractivity contribution in [2.45, 2.75) is 71.5 Å². The lowest BCUT2D eigenvalue weighted by Crippen LogP contribution is -2.18. The Hall–Kier alpha value is -1.63. The molecule has 140 valence electrons. The average Bonchev–Trinajstić information content (AvgIpc) is 2.63. The minimum absolute atomic E-state index is 0.276. The number of hydrogen-bond donors (Lipinski definition) is 0. The number of nitriles is 1. The summed E-state index contributed by atoms with van der Waals surface area (Å²) in [7, 11) is 0. The largest absolute Gasteiger partial charge is 0.352 e. The Bertz CT molecular complexity index is 398. The molecule has 3 heteroatoms. The van der Waals surface area contributed by atoms with Crippen molar-refractivity contribution in [2.75, 3.05) is 13.2 Å². The minimum Gasteiger partial charge on any atom is -0.352 e. The van der Waals surface area contributed by atoms with Gasteiger partial charge in [-0.3, -0.25) is 0 Å². The highest BCUT2D eigenvalue weighted by Gasteiger charge is 2.08. The van der Waals surface area contributed by atoms with Crippen LogP contribution in [-0.2, 0) is 9.47 Å². The quantitative estimate of drug-likeness (QED) is 0.188. The standard InChI is InChI=1S/C22H35NO2/c1-3-5-7-9-11-13-15-20-24-22(18-17-19-23)25-21-16-14-12-10-8-6-4-2/h5-8,11-14,22H,3-4,9-10,15-18,20-21H2,1-2H3/b7-5+,8-6+,13-11+,14-12?. The van der Waals surface area contributed by atoms with Crippen molar-refractivity contribution in [3.63, 3.8) is 0 Å². The van der Waals surface area contributed by atoms with Gasteiger partial charge in [0.15, 0.2) is 6.29 Å². The summed E-state index contributed by atoms with van der Waals surface area (Å²) >= 11 is 0. The first-order valence-electron chi connectivity index (χ1n) is 9.55. The molecular weight excluding hydrogens is 310 g/mol. The van der Waals surface area contributed by atoms with Crippen LogP contribution in [0.4, 0.5) is 0 Å². The van der Waals surface area contributed by atoms with E-state index in [-0.39, 0.29) is 6.29 Å². The Morgan fingerprint density at radius 3 is 1.68 bits per heavy atom. The lowest BCUT2D eigenvalue weighted by molar-refractivity contribution is -0.143. The van der Waals surface area contributed by atoms with Gasteiger partial charge in [-0.1, -0.05) is 62.5 Å². The molecule has 0 aromatic rings. The monoisotopic (exact) mass is 345 g/mol. The van der Waals surface area contributed by atoms with Gasteiger partial charge < -0.3 is 9.47 Å². The van der Waals surface area contributed by atoms with E-state index < -0.39 is 0 Å². The first-order valence-corrected chi connectivity index (χ1v) is 9.55. The van der Waals surface area contributed by atoms with Gasteiger partial charge in [-0.25, -0.2) is 0 Å². The van der Waals surface area contributed by atoms with Crippen LogP contribution in [0.3, 0.4) is 0 Å². The van der Waals surface area contributed by atoms with Crippen LogP contribution in [0.2, 0.25) is 0 Å². The third-order valence-electron chi connectivity index (χ3n) is 3.35. The van der Waals surface area contributed by atoms with Crippen molar-refractivity contribution < 1.29 is 9.47 Å². The Morgan fingerprint density at radius 1 is 0.760 bits per heavy atom. The highest BCUT2D eigenvalue weighted by atomic mass is 16.7. The summed E-state index contributed by atoms with van der Waals surface area (Å²) in [6, 6.07) is 2.16. The van der Waals surface area contributed by atoms with Crippen molar-refractivity contribution in [2.24, 2.45) is 0 Å². The van der Waals surface area contributed by atoms with Gasteiger partial charge >= 0.3 is 0 Å². The van der Waals surface area contributed by atoms with E-state index in [2.05, 4.69) is 68.5 Å². The topological polar surface area (TPSA) is 42.2 Å². The van der Waals surface area contributed by atoms with Crippen LogP contribution in [0.25, 0.3) is 0 Å². The fourth-order valence-electron chi connectivity index (χ4n) is 2.04. The van der Waals surface area contributed by atoms with E-state index in [4.69, 9.17) is 14.7 Å². The van der Waals surface area contributed by atoms with Crippen LogP contribution in [0, 0.1) is 11.3 Å². The SMILES string of the molecule is CC/C=C/CC=CCCOC(CCC#N)OCC/C=C/C/C=C/CC. The molecule has 0 rings (SSSR count). The van der Waals surface area contributed by atoms with Gasteiger partial charge in [0.25, 0.3) is 0 Å². The maximum atomic E-state index is 8.74. The summed E-state index contributed by atoms with van der Waals surface area (Å²) < 4.78 is 11.5. The summed E-state index contributed by atoms with van der Waals surface area (Å²) in [4.78, 5) is 0. The number of rotatable bonds is 16. The highest BCUT2D eigenvalue weighted by molar-refractivity contribution is 4.93. The van der Waals surface area contributed by atoms with E-state index in [9.17, 15) is 0 Å². The van der Waals surface area contributed by atoms with Crippen LogP contribution in [0.1, 0.15) is 65.2 Å². The Kier molecular flexibility index (Phi) is 19.1. The minimum atomic E-state index is -0.276. The summed E-state index contributed by atoms with van der Waals surface area (Å²) in [5, 5.41) is 8.74. The molecule has 1 atom stereocenters. The summed E-state index contributed by atoms with van der Waals surface area (Å²) in [5.41, 5.74) is 0. The second-order valence-electron chi connectivity index (χ2n) is 5.62. The molecule has 0 saturated heterocycles. The molecule has 0 aromatic carbocycles. The maximum Gasteiger partial charge on any atom is 0.158 e. The van der Waals surface area contributed by atoms with Gasteiger partial charge in [0.05, 0.1) is 19.3 Å². The Labute approximate surface area is 154 Å². The second kappa shape index (κ2) is 20.4. The van der Waals surface area contributed by atoms with Crippen molar-refractivity contribution >= 4 is 0 Å². The van der Waals surface area contributed by atoms with E-state index in [0.717, 1.165) is 38.5 Å². The molecule has 0 fully saturated rings. The number of allylic oxidation sites excluding steroid dienone is 6. The molecule has 0 radical (unpaired) electrons. The van der Waals surface area contributed by atoms with Gasteiger partial charge in [-0.05, 0) is 38.5 Å². The number of nitrogens with zero attached hydrogens (tertiary/aromatic N) is 1. The first-order chi connectivity index (χ1) is 12.3. The smallest absolute Gasteiger partial charge is 0.158 e. The van der Waals surface area contributed by atoms with Crippen molar-refractivity contribution in [1.82, 2.24) is 0 Å². The normalized spacial score (nSPS) is 13.5. The fraction of sp³-hybridized carbons (Fsp3) is 0.591. The first kappa shape index (κ1) is 23.4. The van der Waals surface area contributed by atoms with Crippen LogP contribution in [-0.4, -0.2) is 19.5 Å². The Morgan fingerprint density at radius 2 is 1.24 bits per heavy atom. The Balaban J connectivity index is 3.86. The van der Waals surface area contributed by atoms with Crippen molar-refractivity contribution in [3.8, 4) is 6.07 Å². The number of hydrogen-bond acceptors (Lipinski definition) is 3. The predicted octanol–water partition coefficient (Wildman–Crippen LogP) is 6.25. The van der Waals surface area contributed by atoms with Crippen molar-refractivity contribution in [3.05, 3.63) is 48.6 Å². The summed E-state index contributed by atoms with van der Waals surface area (Å²) in [6.07, 6.45) is 23.9. The summed E-state index contributed by atoms with van der Waals surface area (Å²) in [6.45, 7) is 5.52. The maximum absolute atomic E-state index is 8.74. The van der Waals surface area contributed by atoms with E-state index in [0.29, 0.717) is 26.1 Å². The third kappa shape index (κ3) is 18.5. The zero-order chi connectivity index (χ0) is 18.4. The van der Waals surface area contributed by atoms with Crippen LogP contribution in [0.15, 0.2) is 48.6 Å². The van der Waals surface area contributed by atoms with Crippen LogP contribution < -0.4 is 0 Å². The van der Waals surface area contributed by atoms with E-state index >= 15 is 0 Å². The zero-order valence-electron chi connectivity index (χ0n) is 16.0. The van der Waals surface area contributed by atoms with E-state index in [1.54, 1.807) is 0 Å². The molecule has 25 heavy (non-hydrogen) atoms. The third-order valence-corrected chi connectivity index (χ3v) is 3.35. The van der Waals surface area contributed by atoms with E-state index in [1.165, 1.54) is 0 Å². The molecule has 3 nitrogen and oxygen atoms in total. The molecular formula is C22H35NO2. The molecule has 0 N–H and O–H groups in total. The van der Waals surface area contributed by atoms with Gasteiger partial charge in [0.1, 0.15) is 0 Å². The molecule has 0 aromatic heterocycles. The molecule has 0 aliphatic carbocycles. The average molecular weight is 346 g/mol. The fourth-order valence-corrected chi connectivity index (χ4v) is 2.04. The van der Waals surface area contributed by atoms with Gasteiger partial charge in [-0.15, -0.1) is 0 Å². The van der Waals surface area contributed by atoms with Crippen LogP contribution in [0.5, 0.6) is 0 Å². The molecule has 0 saturated carbocycles. The van der Waals surface area contributed by atoms with Crippen molar-refractivity contribution in [1.29, 1.82) is 5.26 Å². The molecule has 0 aliphatic rings. The van der Waals surface area contributed by atoms with E-state index in [1.807, 2.05) is 0 Å². The van der Waals surface area contributed by atoms with Gasteiger partial charge in [0, 0.05) is 12.8 Å². The number of ether oxygens (including phenoxy) is 2. The molecule has 0 bridgehead atoms. The van der Waals surface area contributed by atoms with Crippen LogP contribution >= 0.6 is 0 Å². The second-order valence-corrected chi connectivity index (χ2v) is 5.62. The lowest BCUT2D eigenvalue weighted by Gasteiger charge is -2.16. The lowest BCUT2D eigenvalue weighted by atomic mass is 10.3. The zero-order valence-corrected chi connectivity index (χ0v) is 16.0. The molecule has 0 spiro atoms. The molecule has 0 amide bonds. The summed E-state index contributed by atoms with van der Waals surface area (Å²) in [5.74, 6) is 0. The van der Waals surface area contributed by atoms with Gasteiger partial charge in [-0.2, -0.15) is 5.26 Å². The molecule has 1 unspecified atom stereocenters. The molecule has 0 aliphatic heterocycles. The molecule has 0 heterocycles. The predicted molar refractivity (Wildman–Crippen MR) is 106 cm³/mol.